The first-order valence-electron chi connectivity index (χ1n) is 4.44. The molecular formula is C10H14N2OS. The van der Waals surface area contributed by atoms with E-state index in [0.29, 0.717) is 5.69 Å². The zero-order chi connectivity index (χ0) is 10.6. The molecule has 76 valence electrons. The monoisotopic (exact) mass is 210 g/mol. The number of aromatic nitrogens is 1. The van der Waals surface area contributed by atoms with Crippen molar-refractivity contribution in [2.45, 2.75) is 18.7 Å². The summed E-state index contributed by atoms with van der Waals surface area (Å²) < 4.78 is 0. The number of hydrogen-bond acceptors (Lipinski definition) is 2. The second-order valence-corrected chi connectivity index (χ2v) is 5.01. The van der Waals surface area contributed by atoms with Crippen LogP contribution in [0.25, 0.3) is 0 Å². The average Bonchev–Trinajstić information content (AvgIpc) is 2.20. The number of primary amides is 1. The standard InChI is InChI=1S/C10H14N2OS/c1-3-14(4-2)8-6-5-7-12-9(8)10(11)13/h3,5-7H,4H2,1-2H3,(H2,11,13). The molecule has 1 rings (SSSR count). The maximum absolute atomic E-state index is 11.1. The highest BCUT2D eigenvalue weighted by Crippen LogP contribution is 2.27. The van der Waals surface area contributed by atoms with Crippen molar-refractivity contribution in [2.75, 3.05) is 5.75 Å². The zero-order valence-electron chi connectivity index (χ0n) is 8.36. The minimum Gasteiger partial charge on any atom is -0.364 e. The number of pyridine rings is 1. The number of carbonyl (C=O) groups is 1. The molecule has 14 heavy (non-hydrogen) atoms. The molecule has 0 aliphatic carbocycles. The van der Waals surface area contributed by atoms with Crippen LogP contribution in [0.2, 0.25) is 0 Å². The van der Waals surface area contributed by atoms with Crippen molar-refractivity contribution in [3.8, 4) is 0 Å². The molecule has 1 aromatic rings. The first kappa shape index (κ1) is 10.9. The van der Waals surface area contributed by atoms with E-state index in [9.17, 15) is 4.79 Å². The molecule has 0 aliphatic rings. The summed E-state index contributed by atoms with van der Waals surface area (Å²) in [5, 5.41) is 2.09. The lowest BCUT2D eigenvalue weighted by Crippen LogP contribution is -2.14. The molecule has 2 N–H and O–H groups in total. The third kappa shape index (κ3) is 2.20. The van der Waals surface area contributed by atoms with Gasteiger partial charge in [0.25, 0.3) is 5.91 Å². The van der Waals surface area contributed by atoms with Crippen LogP contribution in [0.4, 0.5) is 0 Å². The molecule has 1 atom stereocenters. The van der Waals surface area contributed by atoms with Crippen LogP contribution in [-0.2, 0) is 0 Å². The van der Waals surface area contributed by atoms with E-state index in [1.807, 2.05) is 19.1 Å². The van der Waals surface area contributed by atoms with Gasteiger partial charge in [-0.05, 0) is 24.8 Å². The maximum Gasteiger partial charge on any atom is 0.268 e. The minimum absolute atomic E-state index is 0.0223. The highest BCUT2D eigenvalue weighted by Gasteiger charge is 2.10. The van der Waals surface area contributed by atoms with Gasteiger partial charge in [-0.1, -0.05) is 12.3 Å². The van der Waals surface area contributed by atoms with Crippen molar-refractivity contribution >= 4 is 21.8 Å². The SMILES string of the molecule is C/C=S(/CC)c1cccnc1C(N)=O. The summed E-state index contributed by atoms with van der Waals surface area (Å²) in [6, 6.07) is 3.75. The van der Waals surface area contributed by atoms with E-state index in [-0.39, 0.29) is 10.5 Å². The lowest BCUT2D eigenvalue weighted by atomic mass is 10.3. The quantitative estimate of drug-likeness (QED) is 0.771. The second kappa shape index (κ2) is 4.91. The van der Waals surface area contributed by atoms with Gasteiger partial charge in [0.05, 0.1) is 0 Å². The van der Waals surface area contributed by atoms with Crippen molar-refractivity contribution < 1.29 is 4.79 Å². The van der Waals surface area contributed by atoms with E-state index in [0.717, 1.165) is 10.6 Å². The molecule has 0 aromatic carbocycles. The molecule has 1 heterocycles. The Hall–Kier alpha value is -1.16. The number of amides is 1. The highest BCUT2D eigenvalue weighted by atomic mass is 32.2. The van der Waals surface area contributed by atoms with Crippen LogP contribution in [-0.4, -0.2) is 22.0 Å². The van der Waals surface area contributed by atoms with Crippen LogP contribution in [0.5, 0.6) is 0 Å². The number of nitrogens with two attached hydrogens (primary N) is 1. The van der Waals surface area contributed by atoms with Gasteiger partial charge in [0.1, 0.15) is 5.69 Å². The van der Waals surface area contributed by atoms with E-state index in [2.05, 4.69) is 17.3 Å². The van der Waals surface area contributed by atoms with Gasteiger partial charge in [-0.25, -0.2) is 4.98 Å². The van der Waals surface area contributed by atoms with Crippen molar-refractivity contribution in [1.82, 2.24) is 4.98 Å². The molecule has 0 saturated heterocycles. The van der Waals surface area contributed by atoms with Crippen LogP contribution in [0.3, 0.4) is 0 Å². The third-order valence-electron chi connectivity index (χ3n) is 1.88. The molecule has 0 saturated carbocycles. The van der Waals surface area contributed by atoms with Gasteiger partial charge in [0, 0.05) is 11.1 Å². The van der Waals surface area contributed by atoms with Crippen LogP contribution < -0.4 is 5.73 Å². The highest BCUT2D eigenvalue weighted by molar-refractivity contribution is 8.15. The Morgan fingerprint density at radius 2 is 2.43 bits per heavy atom. The zero-order valence-corrected chi connectivity index (χ0v) is 9.17. The molecule has 0 bridgehead atoms. The third-order valence-corrected chi connectivity index (χ3v) is 3.97. The van der Waals surface area contributed by atoms with Crippen molar-refractivity contribution in [2.24, 2.45) is 5.73 Å². The van der Waals surface area contributed by atoms with Gasteiger partial charge in [0.15, 0.2) is 0 Å². The van der Waals surface area contributed by atoms with Crippen LogP contribution in [0.1, 0.15) is 24.3 Å². The van der Waals surface area contributed by atoms with Gasteiger partial charge in [-0.15, -0.1) is 0 Å². The van der Waals surface area contributed by atoms with E-state index in [1.165, 1.54) is 0 Å². The summed E-state index contributed by atoms with van der Waals surface area (Å²) in [6.45, 7) is 4.07. The van der Waals surface area contributed by atoms with Gasteiger partial charge >= 0.3 is 0 Å². The van der Waals surface area contributed by atoms with Gasteiger partial charge in [-0.2, -0.15) is 10.5 Å². The molecule has 0 spiro atoms. The van der Waals surface area contributed by atoms with Gasteiger partial charge in [-0.3, -0.25) is 4.79 Å². The van der Waals surface area contributed by atoms with Crippen molar-refractivity contribution in [1.29, 1.82) is 0 Å². The Labute approximate surface area is 86.3 Å². The molecular weight excluding hydrogens is 196 g/mol. The Kier molecular flexibility index (Phi) is 3.83. The van der Waals surface area contributed by atoms with Gasteiger partial charge in [0.2, 0.25) is 0 Å². The molecule has 0 fully saturated rings. The fourth-order valence-electron chi connectivity index (χ4n) is 1.24. The van der Waals surface area contributed by atoms with Gasteiger partial charge < -0.3 is 5.73 Å². The smallest absolute Gasteiger partial charge is 0.268 e. The number of carbonyl (C=O) groups excluding carboxylic acids is 1. The average molecular weight is 210 g/mol. The van der Waals surface area contributed by atoms with Crippen molar-refractivity contribution in [3.63, 3.8) is 0 Å². The lowest BCUT2D eigenvalue weighted by molar-refractivity contribution is 0.0992. The Morgan fingerprint density at radius 3 is 2.93 bits per heavy atom. The van der Waals surface area contributed by atoms with Crippen LogP contribution in [0, 0.1) is 0 Å². The van der Waals surface area contributed by atoms with E-state index < -0.39 is 5.91 Å². The summed E-state index contributed by atoms with van der Waals surface area (Å²) in [5.41, 5.74) is 5.65. The summed E-state index contributed by atoms with van der Waals surface area (Å²) >= 11 is 0. The number of hydrogen-bond donors (Lipinski definition) is 1. The molecule has 0 radical (unpaired) electrons. The Balaban J connectivity index is 3.26. The van der Waals surface area contributed by atoms with E-state index >= 15 is 0 Å². The summed E-state index contributed by atoms with van der Waals surface area (Å²) in [7, 11) is -0.0223. The first-order chi connectivity index (χ1) is 6.70. The van der Waals surface area contributed by atoms with Crippen LogP contribution in [0.15, 0.2) is 23.2 Å². The van der Waals surface area contributed by atoms with Crippen LogP contribution >= 0.6 is 10.5 Å². The molecule has 1 unspecified atom stereocenters. The second-order valence-electron chi connectivity index (χ2n) is 2.67. The normalized spacial score (nSPS) is 12.7. The number of nitrogens with zero attached hydrogens (tertiary/aromatic N) is 1. The fraction of sp³-hybridized carbons (Fsp3) is 0.300. The minimum atomic E-state index is -0.451. The summed E-state index contributed by atoms with van der Waals surface area (Å²) in [6.07, 6.45) is 1.59. The topological polar surface area (TPSA) is 56.0 Å². The van der Waals surface area contributed by atoms with Crippen molar-refractivity contribution in [3.05, 3.63) is 24.0 Å². The molecule has 1 aromatic heterocycles. The summed E-state index contributed by atoms with van der Waals surface area (Å²) in [4.78, 5) is 16.1. The largest absolute Gasteiger partial charge is 0.364 e. The van der Waals surface area contributed by atoms with E-state index in [4.69, 9.17) is 5.73 Å². The predicted octanol–water partition coefficient (Wildman–Crippen LogP) is 1.65. The number of rotatable bonds is 3. The summed E-state index contributed by atoms with van der Waals surface area (Å²) in [5.74, 6) is 0.524. The van der Waals surface area contributed by atoms with E-state index in [1.54, 1.807) is 6.20 Å². The molecule has 0 aliphatic heterocycles. The predicted molar refractivity (Wildman–Crippen MR) is 60.9 cm³/mol. The maximum atomic E-state index is 11.1. The lowest BCUT2D eigenvalue weighted by Gasteiger charge is -2.08. The molecule has 4 heteroatoms. The fourth-order valence-corrected chi connectivity index (χ4v) is 2.79. The first-order valence-corrected chi connectivity index (χ1v) is 5.90. The Morgan fingerprint density at radius 1 is 1.71 bits per heavy atom. The Bertz CT molecular complexity index is 374. The molecule has 1 amide bonds. The molecule has 3 nitrogen and oxygen atoms in total.